The molecule has 1 fully saturated rings. The van der Waals surface area contributed by atoms with E-state index in [2.05, 4.69) is 22.3 Å². The molecule has 26 heavy (non-hydrogen) atoms. The number of halogens is 1. The van der Waals surface area contributed by atoms with Crippen LogP contribution in [0.15, 0.2) is 48.5 Å². The van der Waals surface area contributed by atoms with Crippen LogP contribution in [-0.4, -0.2) is 43.5 Å². The minimum Gasteiger partial charge on any atom is -0.367 e. The number of benzene rings is 2. The van der Waals surface area contributed by atoms with E-state index in [1.54, 1.807) is 12.1 Å². The van der Waals surface area contributed by atoms with Crippen molar-refractivity contribution < 1.29 is 9.18 Å². The van der Waals surface area contributed by atoms with Crippen molar-refractivity contribution in [1.82, 2.24) is 10.2 Å². The average Bonchev–Trinajstić information content (AvgIpc) is 2.63. The predicted octanol–water partition coefficient (Wildman–Crippen LogP) is 3.13. The summed E-state index contributed by atoms with van der Waals surface area (Å²) in [6, 6.07) is 15.0. The predicted molar refractivity (Wildman–Crippen MR) is 103 cm³/mol. The molecule has 0 aliphatic carbocycles. The number of para-hydroxylation sites is 1. The molecule has 0 unspecified atom stereocenters. The van der Waals surface area contributed by atoms with Gasteiger partial charge in [0.15, 0.2) is 0 Å². The Hall–Kier alpha value is -2.40. The van der Waals surface area contributed by atoms with Crippen LogP contribution in [0.1, 0.15) is 24.1 Å². The van der Waals surface area contributed by atoms with Gasteiger partial charge in [-0.05, 0) is 31.5 Å². The molecule has 0 radical (unpaired) electrons. The van der Waals surface area contributed by atoms with Crippen LogP contribution in [0.4, 0.5) is 10.1 Å². The number of aryl methyl sites for hydroxylation is 1. The number of amides is 1. The van der Waals surface area contributed by atoms with E-state index in [9.17, 15) is 9.18 Å². The van der Waals surface area contributed by atoms with Gasteiger partial charge in [-0.3, -0.25) is 9.69 Å². The van der Waals surface area contributed by atoms with Gasteiger partial charge in [0.05, 0.1) is 18.3 Å². The maximum Gasteiger partial charge on any atom is 0.234 e. The summed E-state index contributed by atoms with van der Waals surface area (Å²) in [6.07, 6.45) is 0. The molecule has 3 rings (SSSR count). The lowest BCUT2D eigenvalue weighted by Gasteiger charge is -2.36. The van der Waals surface area contributed by atoms with Crippen LogP contribution in [0.3, 0.4) is 0 Å². The summed E-state index contributed by atoms with van der Waals surface area (Å²) in [6.45, 7) is 7.37. The maximum atomic E-state index is 13.9. The van der Waals surface area contributed by atoms with Crippen molar-refractivity contribution in [2.24, 2.45) is 0 Å². The Labute approximate surface area is 154 Å². The van der Waals surface area contributed by atoms with Gasteiger partial charge in [-0.25, -0.2) is 4.39 Å². The monoisotopic (exact) mass is 355 g/mol. The van der Waals surface area contributed by atoms with Crippen molar-refractivity contribution in [2.75, 3.05) is 37.6 Å². The van der Waals surface area contributed by atoms with E-state index in [4.69, 9.17) is 0 Å². The van der Waals surface area contributed by atoms with Gasteiger partial charge in [-0.1, -0.05) is 42.0 Å². The highest BCUT2D eigenvalue weighted by Gasteiger charge is 2.21. The van der Waals surface area contributed by atoms with Crippen LogP contribution in [-0.2, 0) is 4.79 Å². The second kappa shape index (κ2) is 8.32. The van der Waals surface area contributed by atoms with Crippen LogP contribution in [0, 0.1) is 12.7 Å². The molecule has 1 aliphatic heterocycles. The molecular weight excluding hydrogens is 329 g/mol. The Bertz CT molecular complexity index is 739. The fraction of sp³-hybridized carbons (Fsp3) is 0.381. The zero-order valence-electron chi connectivity index (χ0n) is 15.4. The molecule has 4 nitrogen and oxygen atoms in total. The largest absolute Gasteiger partial charge is 0.367 e. The number of anilines is 1. The van der Waals surface area contributed by atoms with Gasteiger partial charge in [0, 0.05) is 26.2 Å². The van der Waals surface area contributed by atoms with Gasteiger partial charge in [0.2, 0.25) is 5.91 Å². The van der Waals surface area contributed by atoms with Gasteiger partial charge in [-0.15, -0.1) is 0 Å². The van der Waals surface area contributed by atoms with Crippen molar-refractivity contribution in [3.8, 4) is 0 Å². The Morgan fingerprint density at radius 2 is 1.73 bits per heavy atom. The topological polar surface area (TPSA) is 35.6 Å². The standard InChI is InChI=1S/C21H26FN3O/c1-16-7-9-18(10-8-16)17(2)23-21(26)15-24-11-13-25(14-12-24)20-6-4-3-5-19(20)22/h3-10,17H,11-15H2,1-2H3,(H,23,26)/t17-/m1/s1. The lowest BCUT2D eigenvalue weighted by Crippen LogP contribution is -2.49. The Balaban J connectivity index is 1.47. The van der Waals surface area contributed by atoms with Crippen molar-refractivity contribution in [3.63, 3.8) is 0 Å². The van der Waals surface area contributed by atoms with Crippen molar-refractivity contribution in [2.45, 2.75) is 19.9 Å². The van der Waals surface area contributed by atoms with E-state index in [1.807, 2.05) is 36.9 Å². The number of hydrogen-bond donors (Lipinski definition) is 1. The SMILES string of the molecule is Cc1ccc([C@@H](C)NC(=O)CN2CCN(c3ccccc3F)CC2)cc1. The number of nitrogens with one attached hydrogen (secondary N) is 1. The van der Waals surface area contributed by atoms with Gasteiger partial charge < -0.3 is 10.2 Å². The van der Waals surface area contributed by atoms with Crippen LogP contribution >= 0.6 is 0 Å². The van der Waals surface area contributed by atoms with E-state index in [-0.39, 0.29) is 17.8 Å². The molecule has 1 amide bonds. The summed E-state index contributed by atoms with van der Waals surface area (Å²) in [5, 5.41) is 3.06. The van der Waals surface area contributed by atoms with Crippen molar-refractivity contribution in [3.05, 3.63) is 65.5 Å². The Kier molecular flexibility index (Phi) is 5.89. The number of hydrogen-bond acceptors (Lipinski definition) is 3. The van der Waals surface area contributed by atoms with E-state index in [0.29, 0.717) is 12.2 Å². The minimum absolute atomic E-state index is 0.0113. The van der Waals surface area contributed by atoms with E-state index < -0.39 is 0 Å². The molecule has 1 N–H and O–H groups in total. The van der Waals surface area contributed by atoms with Crippen LogP contribution in [0.5, 0.6) is 0 Å². The highest BCUT2D eigenvalue weighted by molar-refractivity contribution is 5.78. The first-order valence-corrected chi connectivity index (χ1v) is 9.10. The first-order chi connectivity index (χ1) is 12.5. The zero-order valence-corrected chi connectivity index (χ0v) is 15.4. The van der Waals surface area contributed by atoms with Gasteiger partial charge in [0.25, 0.3) is 0 Å². The van der Waals surface area contributed by atoms with E-state index in [1.165, 1.54) is 11.6 Å². The van der Waals surface area contributed by atoms with E-state index in [0.717, 1.165) is 31.7 Å². The van der Waals surface area contributed by atoms with Crippen LogP contribution in [0.2, 0.25) is 0 Å². The van der Waals surface area contributed by atoms with Crippen LogP contribution in [0.25, 0.3) is 0 Å². The molecular formula is C21H26FN3O. The number of carbonyl (C=O) groups excluding carboxylic acids is 1. The van der Waals surface area contributed by atoms with Gasteiger partial charge in [0.1, 0.15) is 5.82 Å². The highest BCUT2D eigenvalue weighted by Crippen LogP contribution is 2.20. The zero-order chi connectivity index (χ0) is 18.5. The fourth-order valence-electron chi connectivity index (χ4n) is 3.28. The second-order valence-electron chi connectivity index (χ2n) is 6.91. The molecule has 138 valence electrons. The molecule has 1 saturated heterocycles. The third-order valence-electron chi connectivity index (χ3n) is 4.89. The summed E-state index contributed by atoms with van der Waals surface area (Å²) in [7, 11) is 0. The minimum atomic E-state index is -0.189. The summed E-state index contributed by atoms with van der Waals surface area (Å²) in [4.78, 5) is 16.5. The number of carbonyl (C=O) groups is 1. The molecule has 0 bridgehead atoms. The first kappa shape index (κ1) is 18.4. The first-order valence-electron chi connectivity index (χ1n) is 9.10. The van der Waals surface area contributed by atoms with Crippen molar-refractivity contribution in [1.29, 1.82) is 0 Å². The molecule has 2 aromatic carbocycles. The van der Waals surface area contributed by atoms with Crippen molar-refractivity contribution >= 4 is 11.6 Å². The molecule has 5 heteroatoms. The molecule has 0 saturated carbocycles. The number of piperazine rings is 1. The maximum absolute atomic E-state index is 13.9. The summed E-state index contributed by atoms with van der Waals surface area (Å²) < 4.78 is 13.9. The lowest BCUT2D eigenvalue weighted by molar-refractivity contribution is -0.123. The van der Waals surface area contributed by atoms with Crippen LogP contribution < -0.4 is 10.2 Å². The quantitative estimate of drug-likeness (QED) is 0.895. The third-order valence-corrected chi connectivity index (χ3v) is 4.89. The smallest absolute Gasteiger partial charge is 0.234 e. The van der Waals surface area contributed by atoms with E-state index >= 15 is 0 Å². The number of rotatable bonds is 5. The Morgan fingerprint density at radius 1 is 1.08 bits per heavy atom. The molecule has 1 heterocycles. The lowest BCUT2D eigenvalue weighted by atomic mass is 10.1. The highest BCUT2D eigenvalue weighted by atomic mass is 19.1. The average molecular weight is 355 g/mol. The second-order valence-corrected chi connectivity index (χ2v) is 6.91. The molecule has 1 atom stereocenters. The third kappa shape index (κ3) is 4.61. The molecule has 1 aliphatic rings. The normalized spacial score (nSPS) is 16.3. The molecule has 2 aromatic rings. The summed E-state index contributed by atoms with van der Waals surface area (Å²) >= 11 is 0. The van der Waals surface area contributed by atoms with Gasteiger partial charge in [-0.2, -0.15) is 0 Å². The summed E-state index contributed by atoms with van der Waals surface area (Å²) in [5.74, 6) is -0.164. The molecule has 0 spiro atoms. The Morgan fingerprint density at radius 3 is 2.38 bits per heavy atom. The van der Waals surface area contributed by atoms with Gasteiger partial charge >= 0.3 is 0 Å². The summed E-state index contributed by atoms with van der Waals surface area (Å²) in [5.41, 5.74) is 2.96. The molecule has 0 aromatic heterocycles. The number of nitrogens with zero attached hydrogens (tertiary/aromatic N) is 2. The fourth-order valence-corrected chi connectivity index (χ4v) is 3.28.